The Morgan fingerprint density at radius 3 is 1.25 bits per heavy atom. The molecule has 3 unspecified atom stereocenters. The Kier molecular flexibility index (Phi) is 44.2. The van der Waals surface area contributed by atoms with Gasteiger partial charge in [-0.1, -0.05) is 244 Å². The predicted octanol–water partition coefficient (Wildman–Crippen LogP) is 14.3. The lowest BCUT2D eigenvalue weighted by Crippen LogP contribution is -2.45. The highest BCUT2D eigenvalue weighted by Gasteiger charge is 2.26. The highest BCUT2D eigenvalue weighted by Crippen LogP contribution is 2.43. The number of allylic oxidation sites excluding steroid dienone is 1. The molecule has 0 saturated carbocycles. The second-order valence-corrected chi connectivity index (χ2v) is 18.5. The molecule has 0 aromatic carbocycles. The van der Waals surface area contributed by atoms with Gasteiger partial charge in [-0.3, -0.25) is 13.8 Å². The Bertz CT molecular complexity index is 906. The van der Waals surface area contributed by atoms with Crippen LogP contribution in [0.3, 0.4) is 0 Å². The van der Waals surface area contributed by atoms with Crippen molar-refractivity contribution in [1.82, 2.24) is 5.32 Å². The highest BCUT2D eigenvalue weighted by molar-refractivity contribution is 7.47. The summed E-state index contributed by atoms with van der Waals surface area (Å²) in [5.74, 6) is -0.188. The number of amides is 1. The number of unbranched alkanes of at least 4 members (excludes halogenated alkanes) is 35. The van der Waals surface area contributed by atoms with Gasteiger partial charge in [0.25, 0.3) is 0 Å². The molecule has 0 rings (SSSR count). The monoisotopic (exact) mass is 829 g/mol. The van der Waals surface area contributed by atoms with Crippen LogP contribution in [-0.4, -0.2) is 47.8 Å². The van der Waals surface area contributed by atoms with Crippen molar-refractivity contribution in [2.45, 2.75) is 270 Å². The van der Waals surface area contributed by atoms with Crippen LogP contribution >= 0.6 is 7.82 Å². The van der Waals surface area contributed by atoms with Crippen LogP contribution < -0.4 is 11.1 Å². The van der Waals surface area contributed by atoms with Gasteiger partial charge in [-0.05, 0) is 19.3 Å². The summed E-state index contributed by atoms with van der Waals surface area (Å²) >= 11 is 0. The molecule has 0 bridgehead atoms. The summed E-state index contributed by atoms with van der Waals surface area (Å²) in [6, 6.07) is -0.855. The number of aliphatic hydroxyl groups excluding tert-OH is 1. The van der Waals surface area contributed by atoms with Gasteiger partial charge in [-0.15, -0.1) is 0 Å². The molecule has 0 radical (unpaired) electrons. The maximum absolute atomic E-state index is 12.8. The molecule has 0 aromatic heterocycles. The van der Waals surface area contributed by atoms with E-state index in [1.54, 1.807) is 6.08 Å². The van der Waals surface area contributed by atoms with Crippen LogP contribution in [-0.2, 0) is 18.4 Å². The zero-order valence-corrected chi connectivity index (χ0v) is 38.7. The molecule has 8 nitrogen and oxygen atoms in total. The fraction of sp³-hybridized carbons (Fsp3) is 0.938. The molecule has 0 aliphatic heterocycles. The van der Waals surface area contributed by atoms with Crippen molar-refractivity contribution < 1.29 is 28.4 Å². The van der Waals surface area contributed by atoms with Crippen molar-refractivity contribution in [1.29, 1.82) is 0 Å². The fourth-order valence-electron chi connectivity index (χ4n) is 7.61. The standard InChI is InChI=1S/C48H97N2O6P/c1-3-5-7-9-11-13-15-17-19-21-23-25-27-29-31-33-35-37-39-41-47(51)46(45-56-57(53,54)55-44-43-49)50-48(52)42-40-38-36-34-32-30-28-26-24-22-20-18-16-14-12-10-8-6-4-2/h39,41,46-47,51H,3-38,40,42-45,49H2,1-2H3,(H,50,52)(H,53,54)/b41-39+. The van der Waals surface area contributed by atoms with E-state index < -0.39 is 20.0 Å². The minimum Gasteiger partial charge on any atom is -0.387 e. The van der Waals surface area contributed by atoms with Gasteiger partial charge in [0.15, 0.2) is 0 Å². The van der Waals surface area contributed by atoms with E-state index in [0.717, 1.165) is 38.5 Å². The molecular weight excluding hydrogens is 732 g/mol. The van der Waals surface area contributed by atoms with Gasteiger partial charge >= 0.3 is 7.82 Å². The fourth-order valence-corrected chi connectivity index (χ4v) is 8.36. The average molecular weight is 829 g/mol. The van der Waals surface area contributed by atoms with E-state index in [1.165, 1.54) is 199 Å². The number of phosphoric ester groups is 1. The van der Waals surface area contributed by atoms with Crippen LogP contribution in [0, 0.1) is 0 Å². The third-order valence-electron chi connectivity index (χ3n) is 11.4. The lowest BCUT2D eigenvalue weighted by Gasteiger charge is -2.23. The lowest BCUT2D eigenvalue weighted by atomic mass is 10.0. The largest absolute Gasteiger partial charge is 0.472 e. The molecule has 57 heavy (non-hydrogen) atoms. The second-order valence-electron chi connectivity index (χ2n) is 17.0. The number of nitrogens with two attached hydrogens (primary N) is 1. The molecule has 3 atom stereocenters. The van der Waals surface area contributed by atoms with Crippen LogP contribution in [0.2, 0.25) is 0 Å². The van der Waals surface area contributed by atoms with Gasteiger partial charge in [-0.25, -0.2) is 4.57 Å². The Balaban J connectivity index is 4.09. The van der Waals surface area contributed by atoms with Crippen LogP contribution in [0.15, 0.2) is 12.2 Å². The van der Waals surface area contributed by atoms with Crippen molar-refractivity contribution in [2.75, 3.05) is 19.8 Å². The molecule has 0 saturated heterocycles. The van der Waals surface area contributed by atoms with E-state index in [2.05, 4.69) is 19.2 Å². The van der Waals surface area contributed by atoms with Gasteiger partial charge in [0.05, 0.1) is 25.4 Å². The summed E-state index contributed by atoms with van der Waals surface area (Å²) in [5.41, 5.74) is 5.39. The van der Waals surface area contributed by atoms with Gasteiger partial charge in [0.1, 0.15) is 0 Å². The molecule has 0 aliphatic carbocycles. The number of carbonyl (C=O) groups is 1. The lowest BCUT2D eigenvalue weighted by molar-refractivity contribution is -0.123. The average Bonchev–Trinajstić information content (AvgIpc) is 3.20. The predicted molar refractivity (Wildman–Crippen MR) is 245 cm³/mol. The summed E-state index contributed by atoms with van der Waals surface area (Å²) < 4.78 is 22.2. The summed E-state index contributed by atoms with van der Waals surface area (Å²) in [5, 5.41) is 13.7. The summed E-state index contributed by atoms with van der Waals surface area (Å²) in [7, 11) is -4.34. The van der Waals surface area contributed by atoms with Crippen molar-refractivity contribution in [3.05, 3.63) is 12.2 Å². The van der Waals surface area contributed by atoms with E-state index in [0.29, 0.717) is 6.42 Å². The van der Waals surface area contributed by atoms with Crippen LogP contribution in [0.25, 0.3) is 0 Å². The molecule has 0 spiro atoms. The maximum atomic E-state index is 12.8. The first-order valence-corrected chi connectivity index (χ1v) is 26.3. The zero-order valence-electron chi connectivity index (χ0n) is 37.9. The number of hydrogen-bond donors (Lipinski definition) is 4. The van der Waals surface area contributed by atoms with Gasteiger partial charge in [0, 0.05) is 13.0 Å². The molecule has 0 aliphatic rings. The highest BCUT2D eigenvalue weighted by atomic mass is 31.2. The number of aliphatic hydroxyl groups is 1. The molecule has 0 aromatic rings. The summed E-state index contributed by atoms with van der Waals surface area (Å²) in [4.78, 5) is 22.8. The van der Waals surface area contributed by atoms with Crippen LogP contribution in [0.1, 0.15) is 258 Å². The second kappa shape index (κ2) is 44.8. The normalized spacial score (nSPS) is 14.0. The van der Waals surface area contributed by atoms with Crippen molar-refractivity contribution in [3.8, 4) is 0 Å². The number of hydrogen-bond acceptors (Lipinski definition) is 6. The minimum absolute atomic E-state index is 0.0816. The maximum Gasteiger partial charge on any atom is 0.472 e. The molecule has 0 heterocycles. The van der Waals surface area contributed by atoms with Crippen LogP contribution in [0.5, 0.6) is 0 Å². The Morgan fingerprint density at radius 2 is 0.895 bits per heavy atom. The Morgan fingerprint density at radius 1 is 0.561 bits per heavy atom. The van der Waals surface area contributed by atoms with E-state index in [4.69, 9.17) is 14.8 Å². The molecule has 5 N–H and O–H groups in total. The first-order chi connectivity index (χ1) is 27.9. The van der Waals surface area contributed by atoms with E-state index in [-0.39, 0.29) is 25.7 Å². The molecule has 0 fully saturated rings. The number of nitrogens with one attached hydrogen (secondary N) is 1. The van der Waals surface area contributed by atoms with Crippen LogP contribution in [0.4, 0.5) is 0 Å². The smallest absolute Gasteiger partial charge is 0.387 e. The first kappa shape index (κ1) is 56.2. The van der Waals surface area contributed by atoms with Crippen molar-refractivity contribution in [3.63, 3.8) is 0 Å². The Hall–Kier alpha value is -0.760. The molecule has 9 heteroatoms. The van der Waals surface area contributed by atoms with Crippen molar-refractivity contribution in [2.24, 2.45) is 5.73 Å². The number of phosphoric acid groups is 1. The topological polar surface area (TPSA) is 131 Å². The number of rotatable bonds is 47. The first-order valence-electron chi connectivity index (χ1n) is 24.8. The van der Waals surface area contributed by atoms with Gasteiger partial charge in [0.2, 0.25) is 5.91 Å². The molecule has 1 amide bonds. The van der Waals surface area contributed by atoms with Gasteiger partial charge < -0.3 is 21.1 Å². The van der Waals surface area contributed by atoms with E-state index >= 15 is 0 Å². The zero-order chi connectivity index (χ0) is 41.8. The molecule has 340 valence electrons. The summed E-state index contributed by atoms with van der Waals surface area (Å²) in [6.07, 6.45) is 51.2. The third-order valence-corrected chi connectivity index (χ3v) is 12.3. The minimum atomic E-state index is -4.34. The Labute approximate surface area is 354 Å². The number of carbonyl (C=O) groups excluding carboxylic acids is 1. The van der Waals surface area contributed by atoms with E-state index in [1.807, 2.05) is 6.08 Å². The SMILES string of the molecule is CCCCCCCCCCCCCCCCCCC/C=C/C(O)C(COP(=O)(O)OCCN)NC(=O)CCCCCCCCCCCCCCCCCCCCC. The quantitative estimate of drug-likeness (QED) is 0.0273. The van der Waals surface area contributed by atoms with Crippen molar-refractivity contribution >= 4 is 13.7 Å². The van der Waals surface area contributed by atoms with E-state index in [9.17, 15) is 19.4 Å². The van der Waals surface area contributed by atoms with Gasteiger partial charge in [-0.2, -0.15) is 0 Å². The molecular formula is C48H97N2O6P. The third kappa shape index (κ3) is 43.1. The summed E-state index contributed by atoms with van der Waals surface area (Å²) in [6.45, 7) is 4.18.